The van der Waals surface area contributed by atoms with Crippen LogP contribution in [0.5, 0.6) is 0 Å². The molecular formula is C14H20ClFN2. The molecule has 0 spiro atoms. The van der Waals surface area contributed by atoms with Crippen LogP contribution in [0.25, 0.3) is 0 Å². The highest BCUT2D eigenvalue weighted by molar-refractivity contribution is 6.31. The average Bonchev–Trinajstić information content (AvgIpc) is 2.36. The molecule has 2 rings (SSSR count). The van der Waals surface area contributed by atoms with Gasteiger partial charge in [-0.15, -0.1) is 0 Å². The fourth-order valence-electron chi connectivity index (χ4n) is 2.54. The van der Waals surface area contributed by atoms with Gasteiger partial charge < -0.3 is 5.32 Å². The second kappa shape index (κ2) is 6.50. The number of likely N-dealkylation sites (tertiary alicyclic amines) is 1. The van der Waals surface area contributed by atoms with Crippen molar-refractivity contribution in [2.75, 3.05) is 26.7 Å². The molecule has 0 aromatic heterocycles. The Bertz CT molecular complexity index is 369. The zero-order chi connectivity index (χ0) is 13.0. The first-order chi connectivity index (χ1) is 8.70. The van der Waals surface area contributed by atoms with Gasteiger partial charge in [-0.2, -0.15) is 0 Å². The van der Waals surface area contributed by atoms with E-state index in [2.05, 4.69) is 10.2 Å². The monoisotopic (exact) mass is 270 g/mol. The van der Waals surface area contributed by atoms with Gasteiger partial charge in [0.15, 0.2) is 0 Å². The van der Waals surface area contributed by atoms with Gasteiger partial charge in [0, 0.05) is 17.1 Å². The van der Waals surface area contributed by atoms with Crippen molar-refractivity contribution in [3.05, 3.63) is 34.6 Å². The molecule has 1 fully saturated rings. The first-order valence-corrected chi connectivity index (χ1v) is 6.88. The molecule has 18 heavy (non-hydrogen) atoms. The van der Waals surface area contributed by atoms with Gasteiger partial charge in [0.1, 0.15) is 5.82 Å². The molecule has 0 unspecified atom stereocenters. The van der Waals surface area contributed by atoms with Gasteiger partial charge in [-0.25, -0.2) is 4.39 Å². The molecule has 2 nitrogen and oxygen atoms in total. The van der Waals surface area contributed by atoms with Gasteiger partial charge in [0.05, 0.1) is 0 Å². The summed E-state index contributed by atoms with van der Waals surface area (Å²) in [6, 6.07) is 4.89. The molecule has 1 saturated heterocycles. The number of nitrogens with zero attached hydrogens (tertiary/aromatic N) is 1. The minimum Gasteiger partial charge on any atom is -0.319 e. The predicted molar refractivity (Wildman–Crippen MR) is 73.3 cm³/mol. The third-order valence-electron chi connectivity index (χ3n) is 3.64. The van der Waals surface area contributed by atoms with Crippen LogP contribution in [0, 0.1) is 11.7 Å². The lowest BCUT2D eigenvalue weighted by molar-refractivity contribution is 0.175. The van der Waals surface area contributed by atoms with Crippen LogP contribution >= 0.6 is 11.6 Å². The summed E-state index contributed by atoms with van der Waals surface area (Å²) < 4.78 is 13.7. The Balaban J connectivity index is 1.92. The van der Waals surface area contributed by atoms with Gasteiger partial charge in [-0.05, 0) is 57.6 Å². The van der Waals surface area contributed by atoms with Gasteiger partial charge in [0.2, 0.25) is 0 Å². The molecule has 4 heteroatoms. The van der Waals surface area contributed by atoms with Gasteiger partial charge in [-0.1, -0.05) is 17.7 Å². The van der Waals surface area contributed by atoms with Crippen molar-refractivity contribution in [1.82, 2.24) is 10.2 Å². The second-order valence-corrected chi connectivity index (χ2v) is 5.38. The lowest BCUT2D eigenvalue weighted by Crippen LogP contribution is -2.36. The van der Waals surface area contributed by atoms with E-state index in [9.17, 15) is 4.39 Å². The minimum atomic E-state index is -0.195. The maximum atomic E-state index is 13.7. The van der Waals surface area contributed by atoms with E-state index in [0.717, 1.165) is 25.6 Å². The summed E-state index contributed by atoms with van der Waals surface area (Å²) in [4.78, 5) is 2.29. The summed E-state index contributed by atoms with van der Waals surface area (Å²) in [7, 11) is 1.99. The number of hydrogen-bond donors (Lipinski definition) is 1. The third-order valence-corrected chi connectivity index (χ3v) is 4.00. The van der Waals surface area contributed by atoms with E-state index in [-0.39, 0.29) is 5.82 Å². The van der Waals surface area contributed by atoms with Crippen molar-refractivity contribution in [2.24, 2.45) is 5.92 Å². The number of halogens is 2. The minimum absolute atomic E-state index is 0.195. The van der Waals surface area contributed by atoms with Crippen molar-refractivity contribution in [3.8, 4) is 0 Å². The molecule has 1 aromatic carbocycles. The van der Waals surface area contributed by atoms with Gasteiger partial charge in [0.25, 0.3) is 0 Å². The smallest absolute Gasteiger partial charge is 0.129 e. The molecule has 0 bridgehead atoms. The molecule has 0 radical (unpaired) electrons. The molecule has 1 aliphatic rings. The maximum absolute atomic E-state index is 13.7. The van der Waals surface area contributed by atoms with Gasteiger partial charge >= 0.3 is 0 Å². The van der Waals surface area contributed by atoms with Crippen molar-refractivity contribution >= 4 is 11.6 Å². The van der Waals surface area contributed by atoms with Crippen LogP contribution in [0.15, 0.2) is 18.2 Å². The molecule has 0 atom stereocenters. The average molecular weight is 271 g/mol. The predicted octanol–water partition coefficient (Wildman–Crippen LogP) is 2.91. The van der Waals surface area contributed by atoms with Crippen molar-refractivity contribution in [2.45, 2.75) is 19.4 Å². The number of piperidine rings is 1. The Hall–Kier alpha value is -0.640. The summed E-state index contributed by atoms with van der Waals surface area (Å²) in [5, 5.41) is 3.76. The first kappa shape index (κ1) is 13.8. The highest BCUT2D eigenvalue weighted by Gasteiger charge is 2.20. The Morgan fingerprint density at radius 1 is 1.39 bits per heavy atom. The van der Waals surface area contributed by atoms with Crippen LogP contribution in [0.3, 0.4) is 0 Å². The summed E-state index contributed by atoms with van der Waals surface area (Å²) in [6.07, 6.45) is 2.35. The molecule has 100 valence electrons. The Morgan fingerprint density at radius 3 is 2.72 bits per heavy atom. The lowest BCUT2D eigenvalue weighted by Gasteiger charge is -2.32. The van der Waals surface area contributed by atoms with E-state index in [4.69, 9.17) is 11.6 Å². The number of benzene rings is 1. The number of rotatable bonds is 4. The Morgan fingerprint density at radius 2 is 2.11 bits per heavy atom. The van der Waals surface area contributed by atoms with Crippen LogP contribution in [0.2, 0.25) is 5.02 Å². The van der Waals surface area contributed by atoms with Crippen molar-refractivity contribution in [3.63, 3.8) is 0 Å². The molecular weight excluding hydrogens is 251 g/mol. The number of nitrogens with one attached hydrogen (secondary N) is 1. The highest BCUT2D eigenvalue weighted by atomic mass is 35.5. The molecule has 1 heterocycles. The van der Waals surface area contributed by atoms with Crippen LogP contribution in [-0.2, 0) is 6.54 Å². The van der Waals surface area contributed by atoms with Crippen LogP contribution in [0.1, 0.15) is 18.4 Å². The van der Waals surface area contributed by atoms with Crippen molar-refractivity contribution in [1.29, 1.82) is 0 Å². The summed E-state index contributed by atoms with van der Waals surface area (Å²) in [6.45, 7) is 3.75. The fourth-order valence-corrected chi connectivity index (χ4v) is 2.77. The molecule has 1 aliphatic heterocycles. The van der Waals surface area contributed by atoms with E-state index in [1.807, 2.05) is 7.05 Å². The van der Waals surface area contributed by atoms with E-state index >= 15 is 0 Å². The van der Waals surface area contributed by atoms with E-state index in [0.29, 0.717) is 17.1 Å². The zero-order valence-corrected chi connectivity index (χ0v) is 11.5. The van der Waals surface area contributed by atoms with E-state index in [1.165, 1.54) is 18.9 Å². The third kappa shape index (κ3) is 3.44. The summed E-state index contributed by atoms with van der Waals surface area (Å²) in [5.74, 6) is 0.558. The zero-order valence-electron chi connectivity index (χ0n) is 10.8. The van der Waals surface area contributed by atoms with Crippen LogP contribution in [0.4, 0.5) is 4.39 Å². The van der Waals surface area contributed by atoms with E-state index < -0.39 is 0 Å². The molecule has 0 saturated carbocycles. The summed E-state index contributed by atoms with van der Waals surface area (Å²) >= 11 is 6.05. The quantitative estimate of drug-likeness (QED) is 0.905. The standard InChI is InChI=1S/C14H20ClFN2/c1-17-9-11-5-7-18(8-6-11)10-12-13(15)3-2-4-14(12)16/h2-4,11,17H,5-10H2,1H3. The molecule has 1 aromatic rings. The SMILES string of the molecule is CNCC1CCN(Cc2c(F)cccc2Cl)CC1. The first-order valence-electron chi connectivity index (χ1n) is 6.50. The molecule has 0 aliphatic carbocycles. The molecule has 1 N–H and O–H groups in total. The topological polar surface area (TPSA) is 15.3 Å². The fraction of sp³-hybridized carbons (Fsp3) is 0.571. The normalized spacial score (nSPS) is 18.2. The van der Waals surface area contributed by atoms with Crippen LogP contribution < -0.4 is 5.32 Å². The largest absolute Gasteiger partial charge is 0.319 e. The Kier molecular flexibility index (Phi) is 4.98. The second-order valence-electron chi connectivity index (χ2n) is 4.98. The maximum Gasteiger partial charge on any atom is 0.129 e. The molecule has 0 amide bonds. The lowest BCUT2D eigenvalue weighted by atomic mass is 9.96. The number of hydrogen-bond acceptors (Lipinski definition) is 2. The van der Waals surface area contributed by atoms with Crippen molar-refractivity contribution < 1.29 is 4.39 Å². The van der Waals surface area contributed by atoms with Crippen LogP contribution in [-0.4, -0.2) is 31.6 Å². The highest BCUT2D eigenvalue weighted by Crippen LogP contribution is 2.23. The Labute approximate surface area is 113 Å². The summed E-state index contributed by atoms with van der Waals surface area (Å²) in [5.41, 5.74) is 0.631. The van der Waals surface area contributed by atoms with E-state index in [1.54, 1.807) is 12.1 Å². The van der Waals surface area contributed by atoms with Gasteiger partial charge in [-0.3, -0.25) is 4.90 Å².